The minimum absolute atomic E-state index is 0.0265. The summed E-state index contributed by atoms with van der Waals surface area (Å²) >= 11 is 0. The number of carbonyl (C=O) groups excluding carboxylic acids is 1. The van der Waals surface area contributed by atoms with Gasteiger partial charge in [-0.05, 0) is 36.2 Å². The molecule has 1 fully saturated rings. The first kappa shape index (κ1) is 14.9. The first-order valence-electron chi connectivity index (χ1n) is 7.76. The van der Waals surface area contributed by atoms with Crippen molar-refractivity contribution in [3.63, 3.8) is 0 Å². The van der Waals surface area contributed by atoms with Crippen LogP contribution in [0.15, 0.2) is 42.5 Å². The van der Waals surface area contributed by atoms with Crippen LogP contribution in [-0.2, 0) is 9.53 Å². The first-order chi connectivity index (χ1) is 10.7. The van der Waals surface area contributed by atoms with Crippen LogP contribution in [-0.4, -0.2) is 43.2 Å². The SMILES string of the molecule is C[C@@H](Oc1ccc2ccccc2c1)C(=O)N1CCCOCC1. The molecular weight excluding hydrogens is 278 g/mol. The summed E-state index contributed by atoms with van der Waals surface area (Å²) in [6.07, 6.45) is 0.397. The highest BCUT2D eigenvalue weighted by atomic mass is 16.5. The monoisotopic (exact) mass is 299 g/mol. The third-order valence-corrected chi connectivity index (χ3v) is 3.92. The third-order valence-electron chi connectivity index (χ3n) is 3.92. The molecule has 1 heterocycles. The molecule has 0 aliphatic carbocycles. The van der Waals surface area contributed by atoms with Gasteiger partial charge < -0.3 is 14.4 Å². The first-order valence-corrected chi connectivity index (χ1v) is 7.76. The summed E-state index contributed by atoms with van der Waals surface area (Å²) in [7, 11) is 0. The average molecular weight is 299 g/mol. The number of hydrogen-bond donors (Lipinski definition) is 0. The maximum Gasteiger partial charge on any atom is 0.263 e. The Hall–Kier alpha value is -2.07. The third kappa shape index (κ3) is 3.39. The summed E-state index contributed by atoms with van der Waals surface area (Å²) in [5.41, 5.74) is 0. The molecule has 1 amide bonds. The molecule has 0 N–H and O–H groups in total. The minimum atomic E-state index is -0.487. The van der Waals surface area contributed by atoms with Gasteiger partial charge in [-0.15, -0.1) is 0 Å². The van der Waals surface area contributed by atoms with E-state index >= 15 is 0 Å². The molecule has 1 aliphatic heterocycles. The number of amides is 1. The maximum absolute atomic E-state index is 12.5. The fraction of sp³-hybridized carbons (Fsp3) is 0.389. The van der Waals surface area contributed by atoms with Crippen LogP contribution in [0, 0.1) is 0 Å². The van der Waals surface area contributed by atoms with Crippen LogP contribution in [0.3, 0.4) is 0 Å². The molecule has 0 unspecified atom stereocenters. The van der Waals surface area contributed by atoms with Gasteiger partial charge in [0.15, 0.2) is 6.10 Å². The summed E-state index contributed by atoms with van der Waals surface area (Å²) in [5.74, 6) is 0.754. The molecule has 3 rings (SSSR count). The quantitative estimate of drug-likeness (QED) is 0.875. The Balaban J connectivity index is 1.68. The molecule has 1 aliphatic rings. The van der Waals surface area contributed by atoms with Crippen LogP contribution in [0.5, 0.6) is 5.75 Å². The zero-order valence-electron chi connectivity index (χ0n) is 12.8. The van der Waals surface area contributed by atoms with E-state index in [1.54, 1.807) is 0 Å². The van der Waals surface area contributed by atoms with Gasteiger partial charge in [0, 0.05) is 19.7 Å². The van der Waals surface area contributed by atoms with Crippen molar-refractivity contribution in [2.75, 3.05) is 26.3 Å². The average Bonchev–Trinajstić information content (AvgIpc) is 2.83. The molecule has 0 spiro atoms. The van der Waals surface area contributed by atoms with Crippen molar-refractivity contribution < 1.29 is 14.3 Å². The van der Waals surface area contributed by atoms with Crippen molar-refractivity contribution in [2.24, 2.45) is 0 Å². The van der Waals surface area contributed by atoms with E-state index in [2.05, 4.69) is 6.07 Å². The van der Waals surface area contributed by atoms with E-state index in [-0.39, 0.29) is 5.91 Å². The second-order valence-electron chi connectivity index (χ2n) is 5.56. The van der Waals surface area contributed by atoms with Crippen LogP contribution in [0.2, 0.25) is 0 Å². The Bertz CT molecular complexity index is 648. The Kier molecular flexibility index (Phi) is 4.59. The highest BCUT2D eigenvalue weighted by Crippen LogP contribution is 2.21. The van der Waals surface area contributed by atoms with Crippen LogP contribution >= 0.6 is 0 Å². The zero-order valence-corrected chi connectivity index (χ0v) is 12.8. The van der Waals surface area contributed by atoms with Crippen LogP contribution < -0.4 is 4.74 Å². The van der Waals surface area contributed by atoms with E-state index in [1.165, 1.54) is 5.39 Å². The van der Waals surface area contributed by atoms with Gasteiger partial charge in [0.25, 0.3) is 5.91 Å². The number of rotatable bonds is 3. The molecular formula is C18H21NO3. The maximum atomic E-state index is 12.5. The van der Waals surface area contributed by atoms with E-state index in [4.69, 9.17) is 9.47 Å². The summed E-state index contributed by atoms with van der Waals surface area (Å²) in [6, 6.07) is 14.0. The molecule has 2 aromatic rings. The largest absolute Gasteiger partial charge is 0.481 e. The Labute approximate surface area is 130 Å². The van der Waals surface area contributed by atoms with Crippen molar-refractivity contribution in [3.8, 4) is 5.75 Å². The van der Waals surface area contributed by atoms with Crippen LogP contribution in [0.25, 0.3) is 10.8 Å². The number of ether oxygens (including phenoxy) is 2. The van der Waals surface area contributed by atoms with Crippen molar-refractivity contribution in [1.82, 2.24) is 4.90 Å². The van der Waals surface area contributed by atoms with Gasteiger partial charge in [-0.2, -0.15) is 0 Å². The predicted molar refractivity (Wildman–Crippen MR) is 86.1 cm³/mol. The Morgan fingerprint density at radius 3 is 2.82 bits per heavy atom. The lowest BCUT2D eigenvalue weighted by atomic mass is 10.1. The highest BCUT2D eigenvalue weighted by molar-refractivity contribution is 5.84. The Morgan fingerprint density at radius 1 is 1.14 bits per heavy atom. The normalized spacial score (nSPS) is 17.0. The van der Waals surface area contributed by atoms with Crippen molar-refractivity contribution in [2.45, 2.75) is 19.4 Å². The summed E-state index contributed by atoms with van der Waals surface area (Å²) in [6.45, 7) is 4.52. The minimum Gasteiger partial charge on any atom is -0.481 e. The molecule has 0 radical (unpaired) electrons. The lowest BCUT2D eigenvalue weighted by molar-refractivity contribution is -0.138. The lowest BCUT2D eigenvalue weighted by Crippen LogP contribution is -2.41. The summed E-state index contributed by atoms with van der Waals surface area (Å²) in [5, 5.41) is 2.28. The lowest BCUT2D eigenvalue weighted by Gasteiger charge is -2.24. The molecule has 0 aromatic heterocycles. The second-order valence-corrected chi connectivity index (χ2v) is 5.56. The van der Waals surface area contributed by atoms with Crippen LogP contribution in [0.1, 0.15) is 13.3 Å². The predicted octanol–water partition coefficient (Wildman–Crippen LogP) is 2.86. The van der Waals surface area contributed by atoms with E-state index in [9.17, 15) is 4.79 Å². The van der Waals surface area contributed by atoms with Gasteiger partial charge in [0.2, 0.25) is 0 Å². The van der Waals surface area contributed by atoms with E-state index in [0.717, 1.165) is 30.7 Å². The van der Waals surface area contributed by atoms with Crippen molar-refractivity contribution >= 4 is 16.7 Å². The van der Waals surface area contributed by atoms with E-state index < -0.39 is 6.10 Å². The second kappa shape index (κ2) is 6.79. The van der Waals surface area contributed by atoms with Gasteiger partial charge >= 0.3 is 0 Å². The Morgan fingerprint density at radius 2 is 1.95 bits per heavy atom. The number of carbonyl (C=O) groups is 1. The molecule has 0 bridgehead atoms. The number of nitrogens with zero attached hydrogens (tertiary/aromatic N) is 1. The van der Waals surface area contributed by atoms with E-state index in [1.807, 2.05) is 48.2 Å². The van der Waals surface area contributed by atoms with Crippen molar-refractivity contribution in [1.29, 1.82) is 0 Å². The van der Waals surface area contributed by atoms with Gasteiger partial charge in [-0.3, -0.25) is 4.79 Å². The van der Waals surface area contributed by atoms with Gasteiger partial charge in [0.05, 0.1) is 6.61 Å². The molecule has 4 nitrogen and oxygen atoms in total. The fourth-order valence-corrected chi connectivity index (χ4v) is 2.72. The molecule has 4 heteroatoms. The number of fused-ring (bicyclic) bond motifs is 1. The zero-order chi connectivity index (χ0) is 15.4. The highest BCUT2D eigenvalue weighted by Gasteiger charge is 2.23. The summed E-state index contributed by atoms with van der Waals surface area (Å²) in [4.78, 5) is 14.3. The topological polar surface area (TPSA) is 38.8 Å². The van der Waals surface area contributed by atoms with Gasteiger partial charge in [-0.25, -0.2) is 0 Å². The fourth-order valence-electron chi connectivity index (χ4n) is 2.72. The smallest absolute Gasteiger partial charge is 0.263 e. The molecule has 2 aromatic carbocycles. The molecule has 116 valence electrons. The molecule has 0 saturated carbocycles. The molecule has 1 saturated heterocycles. The number of hydrogen-bond acceptors (Lipinski definition) is 3. The number of benzene rings is 2. The standard InChI is InChI=1S/C18H21NO3/c1-14(18(20)19-9-4-11-21-12-10-19)22-17-8-7-15-5-2-3-6-16(15)13-17/h2-3,5-8,13-14H,4,9-12H2,1H3/t14-/m1/s1. The van der Waals surface area contributed by atoms with Crippen LogP contribution in [0.4, 0.5) is 0 Å². The molecule has 22 heavy (non-hydrogen) atoms. The van der Waals surface area contributed by atoms with Gasteiger partial charge in [0.1, 0.15) is 5.75 Å². The van der Waals surface area contributed by atoms with E-state index in [0.29, 0.717) is 13.2 Å². The molecule has 1 atom stereocenters. The summed E-state index contributed by atoms with van der Waals surface area (Å²) < 4.78 is 11.2. The van der Waals surface area contributed by atoms with Crippen molar-refractivity contribution in [3.05, 3.63) is 42.5 Å². The van der Waals surface area contributed by atoms with Gasteiger partial charge in [-0.1, -0.05) is 30.3 Å².